The van der Waals surface area contributed by atoms with Gasteiger partial charge in [0.25, 0.3) is 0 Å². The molecule has 1 saturated heterocycles. The lowest BCUT2D eigenvalue weighted by atomic mass is 10.1. The molecule has 0 aliphatic carbocycles. The third kappa shape index (κ3) is 5.72. The molecule has 9 heteroatoms. The van der Waals surface area contributed by atoms with E-state index < -0.39 is 0 Å². The lowest BCUT2D eigenvalue weighted by Gasteiger charge is -2.32. The van der Waals surface area contributed by atoms with Crippen LogP contribution in [0.3, 0.4) is 0 Å². The van der Waals surface area contributed by atoms with Crippen LogP contribution in [0.1, 0.15) is 35.4 Å². The van der Waals surface area contributed by atoms with Gasteiger partial charge in [-0.15, -0.1) is 0 Å². The number of amides is 1. The molecule has 0 spiro atoms. The van der Waals surface area contributed by atoms with Crippen molar-refractivity contribution < 1.29 is 18.8 Å². The van der Waals surface area contributed by atoms with Crippen molar-refractivity contribution in [2.75, 3.05) is 25.1 Å². The van der Waals surface area contributed by atoms with Gasteiger partial charge in [-0.2, -0.15) is 0 Å². The molecule has 0 radical (unpaired) electrons. The number of rotatable bonds is 8. The van der Waals surface area contributed by atoms with Crippen molar-refractivity contribution in [3.05, 3.63) is 65.3 Å². The first-order chi connectivity index (χ1) is 16.5. The van der Waals surface area contributed by atoms with Crippen molar-refractivity contribution >= 4 is 17.9 Å². The Morgan fingerprint density at radius 3 is 2.82 bits per heavy atom. The average Bonchev–Trinajstić information content (AvgIpc) is 3.19. The molecule has 3 aromatic rings. The molecule has 0 bridgehead atoms. The number of hydrogen-bond donors (Lipinski definition) is 1. The zero-order valence-corrected chi connectivity index (χ0v) is 19.7. The maximum atomic E-state index is 12.5. The summed E-state index contributed by atoms with van der Waals surface area (Å²) in [5.41, 5.74) is 2.56. The number of piperidine rings is 1. The van der Waals surface area contributed by atoms with Gasteiger partial charge in [0.15, 0.2) is 11.5 Å². The van der Waals surface area contributed by atoms with Crippen molar-refractivity contribution in [3.8, 4) is 11.5 Å². The lowest BCUT2D eigenvalue weighted by molar-refractivity contribution is -0.117. The number of benzene rings is 1. The fourth-order valence-corrected chi connectivity index (χ4v) is 3.92. The molecule has 3 heterocycles. The SMILES string of the molecule is COc1cc(/C=C/C(=O)NC2CCCN(c3ncccn3)C2)ccc1OCc1c(C)noc1C. The zero-order chi connectivity index (χ0) is 23.9. The molecule has 1 aliphatic rings. The number of carbonyl (C=O) groups excluding carboxylic acids is 1. The van der Waals surface area contributed by atoms with Gasteiger partial charge in [0, 0.05) is 37.6 Å². The largest absolute Gasteiger partial charge is 0.493 e. The fraction of sp³-hybridized carbons (Fsp3) is 0.360. The summed E-state index contributed by atoms with van der Waals surface area (Å²) in [7, 11) is 1.59. The summed E-state index contributed by atoms with van der Waals surface area (Å²) in [4.78, 5) is 23.2. The van der Waals surface area contributed by atoms with Crippen molar-refractivity contribution in [2.45, 2.75) is 39.3 Å². The molecule has 1 amide bonds. The van der Waals surface area contributed by atoms with E-state index in [1.807, 2.05) is 32.0 Å². The highest BCUT2D eigenvalue weighted by molar-refractivity contribution is 5.92. The smallest absolute Gasteiger partial charge is 0.244 e. The molecule has 1 fully saturated rings. The van der Waals surface area contributed by atoms with E-state index in [0.29, 0.717) is 30.6 Å². The topological polar surface area (TPSA) is 103 Å². The van der Waals surface area contributed by atoms with Crippen molar-refractivity contribution in [3.63, 3.8) is 0 Å². The number of hydrogen-bond acceptors (Lipinski definition) is 8. The van der Waals surface area contributed by atoms with E-state index >= 15 is 0 Å². The van der Waals surface area contributed by atoms with E-state index in [-0.39, 0.29) is 11.9 Å². The van der Waals surface area contributed by atoms with Crippen LogP contribution in [0.4, 0.5) is 5.95 Å². The summed E-state index contributed by atoms with van der Waals surface area (Å²) in [5, 5.41) is 7.03. The minimum Gasteiger partial charge on any atom is -0.493 e. The van der Waals surface area contributed by atoms with Crippen LogP contribution in [0.15, 0.2) is 47.3 Å². The summed E-state index contributed by atoms with van der Waals surface area (Å²) in [6.45, 7) is 5.65. The standard InChI is InChI=1S/C25H29N5O4/c1-17-21(18(2)34-29-17)16-33-22-9-7-19(14-23(22)32-3)8-10-24(31)28-20-6-4-13-30(15-20)25-26-11-5-12-27-25/h5,7-12,14,20H,4,6,13,15-16H2,1-3H3,(H,28,31)/b10-8+. The third-order valence-electron chi connectivity index (χ3n) is 5.77. The van der Waals surface area contributed by atoms with Crippen LogP contribution in [-0.4, -0.2) is 47.3 Å². The number of anilines is 1. The molecule has 4 rings (SSSR count). The Morgan fingerprint density at radius 1 is 1.26 bits per heavy atom. The van der Waals surface area contributed by atoms with Gasteiger partial charge in [-0.25, -0.2) is 9.97 Å². The number of nitrogens with zero attached hydrogens (tertiary/aromatic N) is 4. The molecule has 1 unspecified atom stereocenters. The first kappa shape index (κ1) is 23.3. The van der Waals surface area contributed by atoms with Gasteiger partial charge < -0.3 is 24.2 Å². The van der Waals surface area contributed by atoms with Crippen molar-refractivity contribution in [2.24, 2.45) is 0 Å². The third-order valence-corrected chi connectivity index (χ3v) is 5.77. The van der Waals surface area contributed by atoms with Crippen LogP contribution < -0.4 is 19.7 Å². The van der Waals surface area contributed by atoms with E-state index in [4.69, 9.17) is 14.0 Å². The molecular weight excluding hydrogens is 434 g/mol. The van der Waals surface area contributed by atoms with Crippen molar-refractivity contribution in [1.82, 2.24) is 20.4 Å². The van der Waals surface area contributed by atoms with E-state index in [0.717, 1.165) is 42.0 Å². The van der Waals surface area contributed by atoms with Gasteiger partial charge in [0.1, 0.15) is 12.4 Å². The molecule has 1 aromatic carbocycles. The number of methoxy groups -OCH3 is 1. The Morgan fingerprint density at radius 2 is 2.09 bits per heavy atom. The predicted octanol–water partition coefficient (Wildman–Crippen LogP) is 3.47. The molecular formula is C25H29N5O4. The zero-order valence-electron chi connectivity index (χ0n) is 19.7. The summed E-state index contributed by atoms with van der Waals surface area (Å²) in [6.07, 6.45) is 8.66. The minimum atomic E-state index is -0.140. The molecule has 1 N–H and O–H groups in total. The van der Waals surface area contributed by atoms with Gasteiger partial charge in [0.2, 0.25) is 11.9 Å². The van der Waals surface area contributed by atoms with Gasteiger partial charge >= 0.3 is 0 Å². The molecule has 1 atom stereocenters. The summed E-state index contributed by atoms with van der Waals surface area (Å²) >= 11 is 0. The average molecular weight is 464 g/mol. The second-order valence-corrected chi connectivity index (χ2v) is 8.18. The number of aromatic nitrogens is 3. The van der Waals surface area contributed by atoms with Crippen molar-refractivity contribution in [1.29, 1.82) is 0 Å². The van der Waals surface area contributed by atoms with Gasteiger partial charge in [0.05, 0.1) is 18.4 Å². The first-order valence-corrected chi connectivity index (χ1v) is 11.3. The van der Waals surface area contributed by atoms with E-state index in [1.54, 1.807) is 31.6 Å². The molecule has 34 heavy (non-hydrogen) atoms. The number of aryl methyl sites for hydroxylation is 2. The van der Waals surface area contributed by atoms with Crippen LogP contribution in [0.25, 0.3) is 6.08 Å². The highest BCUT2D eigenvalue weighted by Gasteiger charge is 2.22. The second-order valence-electron chi connectivity index (χ2n) is 8.18. The molecule has 9 nitrogen and oxygen atoms in total. The summed E-state index contributed by atoms with van der Waals surface area (Å²) in [5.74, 6) is 2.48. The second kappa shape index (κ2) is 10.8. The van der Waals surface area contributed by atoms with Gasteiger partial charge in [-0.05, 0) is 56.5 Å². The van der Waals surface area contributed by atoms with E-state index in [1.165, 1.54) is 6.08 Å². The maximum Gasteiger partial charge on any atom is 0.244 e. The molecule has 1 aliphatic heterocycles. The highest BCUT2D eigenvalue weighted by Crippen LogP contribution is 2.30. The number of nitrogens with one attached hydrogen (secondary N) is 1. The Hall–Kier alpha value is -3.88. The molecule has 178 valence electrons. The monoisotopic (exact) mass is 463 g/mol. The molecule has 2 aromatic heterocycles. The minimum absolute atomic E-state index is 0.0457. The van der Waals surface area contributed by atoms with Crippen LogP contribution in [0.5, 0.6) is 11.5 Å². The van der Waals surface area contributed by atoms with Gasteiger partial charge in [-0.3, -0.25) is 4.79 Å². The van der Waals surface area contributed by atoms with Crippen LogP contribution in [0, 0.1) is 13.8 Å². The van der Waals surface area contributed by atoms with Crippen LogP contribution >= 0.6 is 0 Å². The van der Waals surface area contributed by atoms with E-state index in [9.17, 15) is 4.79 Å². The Balaban J connectivity index is 1.34. The fourth-order valence-electron chi connectivity index (χ4n) is 3.92. The Kier molecular flexibility index (Phi) is 7.41. The number of ether oxygens (including phenoxy) is 2. The van der Waals surface area contributed by atoms with Crippen LogP contribution in [0.2, 0.25) is 0 Å². The van der Waals surface area contributed by atoms with Crippen LogP contribution in [-0.2, 0) is 11.4 Å². The summed E-state index contributed by atoms with van der Waals surface area (Å²) in [6, 6.07) is 7.38. The predicted molar refractivity (Wildman–Crippen MR) is 128 cm³/mol. The van der Waals surface area contributed by atoms with Gasteiger partial charge in [-0.1, -0.05) is 11.2 Å². The normalized spacial score (nSPS) is 16.0. The Labute approximate surface area is 198 Å². The summed E-state index contributed by atoms with van der Waals surface area (Å²) < 4.78 is 16.6. The quantitative estimate of drug-likeness (QED) is 0.507. The Bertz CT molecular complexity index is 1130. The highest BCUT2D eigenvalue weighted by atomic mass is 16.5. The maximum absolute atomic E-state index is 12.5. The first-order valence-electron chi connectivity index (χ1n) is 11.3. The van der Waals surface area contributed by atoms with E-state index in [2.05, 4.69) is 25.3 Å². The lowest BCUT2D eigenvalue weighted by Crippen LogP contribution is -2.47. The number of carbonyl (C=O) groups is 1. The molecule has 0 saturated carbocycles.